The third-order valence-electron chi connectivity index (χ3n) is 4.55. The number of ketones is 1. The van der Waals surface area contributed by atoms with E-state index < -0.39 is 0 Å². The normalized spacial score (nSPS) is 11.9. The average molecular weight is 407 g/mol. The summed E-state index contributed by atoms with van der Waals surface area (Å²) >= 11 is 0. The number of aliphatic hydroxyl groups is 1. The number of ether oxygens (including phenoxy) is 1. The van der Waals surface area contributed by atoms with E-state index in [1.807, 2.05) is 13.0 Å². The molecule has 0 aliphatic heterocycles. The molecule has 0 bridgehead atoms. The fourth-order valence-corrected chi connectivity index (χ4v) is 3.30. The zero-order valence-electron chi connectivity index (χ0n) is 15.9. The molecule has 0 fully saturated rings. The molecule has 0 unspecified atom stereocenters. The zero-order chi connectivity index (χ0) is 19.4. The highest BCUT2D eigenvalue weighted by molar-refractivity contribution is 5.97. The molecule has 150 valence electrons. The SMILES string of the molecule is CCOc1cccn2c(C(=O)C[C@@H](CO)Cc3ccccc3F)c(C)nc12.Cl. The lowest BCUT2D eigenvalue weighted by Crippen LogP contribution is -2.17. The molecule has 28 heavy (non-hydrogen) atoms. The van der Waals surface area contributed by atoms with Gasteiger partial charge in [0.05, 0.1) is 12.3 Å². The van der Waals surface area contributed by atoms with Crippen LogP contribution in [-0.2, 0) is 6.42 Å². The predicted octanol–water partition coefficient (Wildman–Crippen LogP) is 4.03. The molecule has 7 heteroatoms. The Labute approximate surface area is 169 Å². The van der Waals surface area contributed by atoms with Crippen molar-refractivity contribution >= 4 is 23.8 Å². The zero-order valence-corrected chi connectivity index (χ0v) is 16.7. The molecular weight excluding hydrogens is 383 g/mol. The molecule has 1 aromatic carbocycles. The lowest BCUT2D eigenvalue weighted by atomic mass is 9.93. The van der Waals surface area contributed by atoms with Gasteiger partial charge in [-0.3, -0.25) is 9.20 Å². The first-order valence-corrected chi connectivity index (χ1v) is 9.03. The molecule has 0 aliphatic rings. The Balaban J connectivity index is 0.00000280. The molecular formula is C21H24ClFN2O3. The number of nitrogens with zero attached hydrogens (tertiary/aromatic N) is 2. The number of hydrogen-bond acceptors (Lipinski definition) is 4. The van der Waals surface area contributed by atoms with Crippen molar-refractivity contribution in [3.05, 3.63) is 65.4 Å². The second kappa shape index (κ2) is 9.66. The van der Waals surface area contributed by atoms with Crippen molar-refractivity contribution < 1.29 is 19.0 Å². The molecule has 1 N–H and O–H groups in total. The van der Waals surface area contributed by atoms with Gasteiger partial charge in [0, 0.05) is 19.2 Å². The van der Waals surface area contributed by atoms with E-state index in [0.717, 1.165) is 0 Å². The fraction of sp³-hybridized carbons (Fsp3) is 0.333. The summed E-state index contributed by atoms with van der Waals surface area (Å²) in [6, 6.07) is 10.0. The second-order valence-corrected chi connectivity index (χ2v) is 6.52. The van der Waals surface area contributed by atoms with Crippen LogP contribution in [0.25, 0.3) is 5.65 Å². The summed E-state index contributed by atoms with van der Waals surface area (Å²) in [5.41, 5.74) is 2.17. The van der Waals surface area contributed by atoms with Gasteiger partial charge >= 0.3 is 0 Å². The molecule has 0 radical (unpaired) electrons. The standard InChI is InChI=1S/C21H23FN2O3.ClH/c1-3-27-19-9-6-10-24-20(14(2)23-21(19)24)18(26)12-15(13-25)11-16-7-4-5-8-17(16)22;/h4-10,15,25H,3,11-13H2,1-2H3;1H/t15-;/m0./s1. The highest BCUT2D eigenvalue weighted by atomic mass is 35.5. The van der Waals surface area contributed by atoms with Gasteiger partial charge in [0.1, 0.15) is 11.5 Å². The van der Waals surface area contributed by atoms with Crippen LogP contribution in [0.5, 0.6) is 5.75 Å². The van der Waals surface area contributed by atoms with Gasteiger partial charge in [-0.15, -0.1) is 12.4 Å². The van der Waals surface area contributed by atoms with E-state index >= 15 is 0 Å². The Morgan fingerprint density at radius 1 is 1.29 bits per heavy atom. The average Bonchev–Trinajstić information content (AvgIpc) is 3.00. The van der Waals surface area contributed by atoms with Gasteiger partial charge in [-0.1, -0.05) is 18.2 Å². The summed E-state index contributed by atoms with van der Waals surface area (Å²) in [5, 5.41) is 9.70. The van der Waals surface area contributed by atoms with E-state index in [-0.39, 0.29) is 43.0 Å². The summed E-state index contributed by atoms with van der Waals surface area (Å²) < 4.78 is 21.2. The van der Waals surface area contributed by atoms with Crippen LogP contribution in [0.3, 0.4) is 0 Å². The van der Waals surface area contributed by atoms with Crippen LogP contribution in [0, 0.1) is 18.7 Å². The predicted molar refractivity (Wildman–Crippen MR) is 108 cm³/mol. The summed E-state index contributed by atoms with van der Waals surface area (Å²) in [6.07, 6.45) is 2.18. The van der Waals surface area contributed by atoms with Crippen LogP contribution in [0.2, 0.25) is 0 Å². The number of benzene rings is 1. The van der Waals surface area contributed by atoms with Crippen molar-refractivity contribution in [2.24, 2.45) is 5.92 Å². The largest absolute Gasteiger partial charge is 0.490 e. The molecule has 3 rings (SSSR count). The Morgan fingerprint density at radius 2 is 2.04 bits per heavy atom. The Bertz CT molecular complexity index is 958. The van der Waals surface area contributed by atoms with Crippen molar-refractivity contribution in [1.29, 1.82) is 0 Å². The maximum atomic E-state index is 13.9. The summed E-state index contributed by atoms with van der Waals surface area (Å²) in [7, 11) is 0. The van der Waals surface area contributed by atoms with Crippen LogP contribution in [0.4, 0.5) is 4.39 Å². The smallest absolute Gasteiger partial charge is 0.181 e. The number of fused-ring (bicyclic) bond motifs is 1. The topological polar surface area (TPSA) is 63.8 Å². The van der Waals surface area contributed by atoms with E-state index in [9.17, 15) is 14.3 Å². The number of imidazole rings is 1. The number of halogens is 2. The van der Waals surface area contributed by atoms with Crippen LogP contribution >= 0.6 is 12.4 Å². The molecule has 2 aromatic heterocycles. The van der Waals surface area contributed by atoms with E-state index in [1.165, 1.54) is 6.07 Å². The lowest BCUT2D eigenvalue weighted by molar-refractivity contribution is 0.0929. The van der Waals surface area contributed by atoms with Gasteiger partial charge in [0.25, 0.3) is 0 Å². The molecule has 0 saturated heterocycles. The number of pyridine rings is 1. The molecule has 1 atom stereocenters. The molecule has 2 heterocycles. The van der Waals surface area contributed by atoms with Crippen molar-refractivity contribution in [2.75, 3.05) is 13.2 Å². The Hall–Kier alpha value is -2.44. The van der Waals surface area contributed by atoms with Gasteiger partial charge in [-0.05, 0) is 49.9 Å². The van der Waals surface area contributed by atoms with Gasteiger partial charge in [0.2, 0.25) is 0 Å². The molecule has 3 aromatic rings. The molecule has 0 spiro atoms. The number of Topliss-reactive ketones (excluding diaryl/α,β-unsaturated/α-hetero) is 1. The summed E-state index contributed by atoms with van der Waals surface area (Å²) in [6.45, 7) is 3.98. The number of carbonyl (C=O) groups excluding carboxylic acids is 1. The summed E-state index contributed by atoms with van der Waals surface area (Å²) in [5.74, 6) is -0.207. The number of carbonyl (C=O) groups is 1. The number of rotatable bonds is 8. The second-order valence-electron chi connectivity index (χ2n) is 6.52. The van der Waals surface area contributed by atoms with Crippen LogP contribution in [-0.4, -0.2) is 33.5 Å². The maximum Gasteiger partial charge on any atom is 0.181 e. The third kappa shape index (κ3) is 4.51. The molecule has 0 saturated carbocycles. The molecule has 0 amide bonds. The lowest BCUT2D eigenvalue weighted by Gasteiger charge is -2.14. The monoisotopic (exact) mass is 406 g/mol. The van der Waals surface area contributed by atoms with E-state index in [4.69, 9.17) is 4.74 Å². The Kier molecular flexibility index (Phi) is 7.54. The minimum absolute atomic E-state index is 0. The highest BCUT2D eigenvalue weighted by Crippen LogP contribution is 2.24. The number of hydrogen-bond donors (Lipinski definition) is 1. The first kappa shape index (κ1) is 21.9. The quantitative estimate of drug-likeness (QED) is 0.574. The van der Waals surface area contributed by atoms with Gasteiger partial charge in [0.15, 0.2) is 17.2 Å². The van der Waals surface area contributed by atoms with E-state index in [2.05, 4.69) is 4.98 Å². The fourth-order valence-electron chi connectivity index (χ4n) is 3.30. The molecule has 0 aliphatic carbocycles. The van der Waals surface area contributed by atoms with Crippen LogP contribution in [0.15, 0.2) is 42.6 Å². The van der Waals surface area contributed by atoms with E-state index in [1.54, 1.807) is 41.8 Å². The minimum Gasteiger partial charge on any atom is -0.490 e. The van der Waals surface area contributed by atoms with Crippen molar-refractivity contribution in [3.63, 3.8) is 0 Å². The van der Waals surface area contributed by atoms with Crippen molar-refractivity contribution in [3.8, 4) is 5.75 Å². The third-order valence-corrected chi connectivity index (χ3v) is 4.55. The van der Waals surface area contributed by atoms with Crippen LogP contribution < -0.4 is 4.74 Å². The highest BCUT2D eigenvalue weighted by Gasteiger charge is 2.22. The van der Waals surface area contributed by atoms with Crippen molar-refractivity contribution in [2.45, 2.75) is 26.7 Å². The maximum absolute atomic E-state index is 13.9. The van der Waals surface area contributed by atoms with Gasteiger partial charge < -0.3 is 9.84 Å². The van der Waals surface area contributed by atoms with Gasteiger partial charge in [-0.2, -0.15) is 0 Å². The number of aliphatic hydroxyl groups excluding tert-OH is 1. The first-order valence-electron chi connectivity index (χ1n) is 9.03. The first-order chi connectivity index (χ1) is 13.0. The van der Waals surface area contributed by atoms with E-state index in [0.29, 0.717) is 41.4 Å². The minimum atomic E-state index is -0.366. The summed E-state index contributed by atoms with van der Waals surface area (Å²) in [4.78, 5) is 17.4. The Morgan fingerprint density at radius 3 is 2.71 bits per heavy atom. The van der Waals surface area contributed by atoms with Crippen molar-refractivity contribution in [1.82, 2.24) is 9.38 Å². The number of aromatic nitrogens is 2. The van der Waals surface area contributed by atoms with Gasteiger partial charge in [-0.25, -0.2) is 9.37 Å². The van der Waals surface area contributed by atoms with Crippen LogP contribution in [0.1, 0.15) is 35.1 Å². The number of aryl methyl sites for hydroxylation is 1. The molecule has 5 nitrogen and oxygen atoms in total.